The Balaban J connectivity index is 2.32. The van der Waals surface area contributed by atoms with Gasteiger partial charge in [-0.05, 0) is 26.7 Å². The highest BCUT2D eigenvalue weighted by Crippen LogP contribution is 2.29. The zero-order valence-corrected chi connectivity index (χ0v) is 14.5. The average Bonchev–Trinajstić information content (AvgIpc) is 2.91. The molecular formula is C16H26ClN3O. The van der Waals surface area contributed by atoms with Gasteiger partial charge in [0.15, 0.2) is 0 Å². The summed E-state index contributed by atoms with van der Waals surface area (Å²) in [5, 5.41) is 0.552. The summed E-state index contributed by atoms with van der Waals surface area (Å²) in [6, 6.07) is 0. The number of hydrogen-bond donors (Lipinski definition) is 0. The van der Waals surface area contributed by atoms with Crippen LogP contribution in [0.15, 0.2) is 0 Å². The van der Waals surface area contributed by atoms with Crippen molar-refractivity contribution >= 4 is 17.4 Å². The zero-order chi connectivity index (χ0) is 15.6. The molecule has 1 unspecified atom stereocenters. The number of ether oxygens (including phenoxy) is 1. The molecule has 4 nitrogen and oxygen atoms in total. The standard InChI is InChI=1S/C16H26ClN3O/c1-6-20(10-12-8-7-9-21-12)14-11(2)13(17)18-15(19-14)16(3,4)5/h12H,6-10H2,1-5H3. The quantitative estimate of drug-likeness (QED) is 0.794. The third kappa shape index (κ3) is 3.86. The van der Waals surface area contributed by atoms with Gasteiger partial charge in [-0.15, -0.1) is 0 Å². The lowest BCUT2D eigenvalue weighted by Crippen LogP contribution is -2.34. The van der Waals surface area contributed by atoms with Crippen LogP contribution in [0, 0.1) is 6.92 Å². The van der Waals surface area contributed by atoms with Crippen molar-refractivity contribution in [1.82, 2.24) is 9.97 Å². The molecule has 21 heavy (non-hydrogen) atoms. The van der Waals surface area contributed by atoms with Crippen LogP contribution in [-0.4, -0.2) is 35.8 Å². The van der Waals surface area contributed by atoms with Crippen molar-refractivity contribution in [3.63, 3.8) is 0 Å². The Labute approximate surface area is 132 Å². The lowest BCUT2D eigenvalue weighted by atomic mass is 9.95. The lowest BCUT2D eigenvalue weighted by molar-refractivity contribution is 0.115. The molecule has 2 heterocycles. The Kier molecular flexibility index (Phi) is 5.10. The highest BCUT2D eigenvalue weighted by Gasteiger charge is 2.25. The van der Waals surface area contributed by atoms with E-state index >= 15 is 0 Å². The van der Waals surface area contributed by atoms with Crippen molar-refractivity contribution in [2.45, 2.75) is 59.0 Å². The fourth-order valence-electron chi connectivity index (χ4n) is 2.52. The second-order valence-corrected chi connectivity index (χ2v) is 7.07. The number of aromatic nitrogens is 2. The van der Waals surface area contributed by atoms with Gasteiger partial charge in [0.1, 0.15) is 16.8 Å². The zero-order valence-electron chi connectivity index (χ0n) is 13.7. The maximum absolute atomic E-state index is 6.33. The third-order valence-corrected chi connectivity index (χ3v) is 4.23. The van der Waals surface area contributed by atoms with Crippen LogP contribution in [0.25, 0.3) is 0 Å². The van der Waals surface area contributed by atoms with E-state index in [9.17, 15) is 0 Å². The summed E-state index contributed by atoms with van der Waals surface area (Å²) in [5.74, 6) is 1.73. The van der Waals surface area contributed by atoms with Crippen LogP contribution in [0.1, 0.15) is 51.9 Å². The van der Waals surface area contributed by atoms with Crippen molar-refractivity contribution in [2.24, 2.45) is 0 Å². The average molecular weight is 312 g/mol. The minimum absolute atomic E-state index is 0.116. The fraction of sp³-hybridized carbons (Fsp3) is 0.750. The Bertz CT molecular complexity index is 493. The van der Waals surface area contributed by atoms with E-state index in [-0.39, 0.29) is 5.41 Å². The minimum Gasteiger partial charge on any atom is -0.376 e. The van der Waals surface area contributed by atoms with Gasteiger partial charge >= 0.3 is 0 Å². The van der Waals surface area contributed by atoms with E-state index in [4.69, 9.17) is 21.3 Å². The van der Waals surface area contributed by atoms with Gasteiger partial charge in [0, 0.05) is 30.7 Å². The van der Waals surface area contributed by atoms with Gasteiger partial charge in [-0.3, -0.25) is 0 Å². The molecule has 0 aliphatic carbocycles. The molecule has 5 heteroatoms. The number of likely N-dealkylation sites (N-methyl/N-ethyl adjacent to an activating group) is 1. The fourth-order valence-corrected chi connectivity index (χ4v) is 2.69. The Morgan fingerprint density at radius 1 is 1.33 bits per heavy atom. The van der Waals surface area contributed by atoms with E-state index < -0.39 is 0 Å². The summed E-state index contributed by atoms with van der Waals surface area (Å²) < 4.78 is 5.76. The molecule has 1 aromatic heterocycles. The number of nitrogens with zero attached hydrogens (tertiary/aromatic N) is 3. The molecule has 118 valence electrons. The first-order chi connectivity index (χ1) is 9.82. The molecule has 0 bridgehead atoms. The molecule has 0 aromatic carbocycles. The Hall–Kier alpha value is -0.870. The van der Waals surface area contributed by atoms with Crippen molar-refractivity contribution < 1.29 is 4.74 Å². The number of rotatable bonds is 4. The first kappa shape index (κ1) is 16.5. The summed E-state index contributed by atoms with van der Waals surface area (Å²) >= 11 is 6.33. The van der Waals surface area contributed by atoms with Crippen LogP contribution in [0.2, 0.25) is 5.15 Å². The van der Waals surface area contributed by atoms with E-state index in [1.54, 1.807) is 0 Å². The number of halogens is 1. The summed E-state index contributed by atoms with van der Waals surface area (Å²) in [4.78, 5) is 11.5. The number of hydrogen-bond acceptors (Lipinski definition) is 4. The molecule has 1 fully saturated rings. The van der Waals surface area contributed by atoms with E-state index in [2.05, 4.69) is 37.6 Å². The summed E-state index contributed by atoms with van der Waals surface area (Å²) in [7, 11) is 0. The van der Waals surface area contributed by atoms with E-state index in [0.29, 0.717) is 11.3 Å². The monoisotopic (exact) mass is 311 g/mol. The van der Waals surface area contributed by atoms with Gasteiger partial charge in [-0.1, -0.05) is 32.4 Å². The molecule has 1 atom stereocenters. The maximum atomic E-state index is 6.33. The predicted octanol–water partition coefficient (Wildman–Crippen LogP) is 3.74. The molecule has 0 N–H and O–H groups in total. The second-order valence-electron chi connectivity index (χ2n) is 6.71. The van der Waals surface area contributed by atoms with Crippen molar-refractivity contribution in [2.75, 3.05) is 24.6 Å². The van der Waals surface area contributed by atoms with Gasteiger partial charge in [0.2, 0.25) is 0 Å². The van der Waals surface area contributed by atoms with E-state index in [1.807, 2.05) is 6.92 Å². The minimum atomic E-state index is -0.116. The van der Waals surface area contributed by atoms with Crippen LogP contribution in [0.3, 0.4) is 0 Å². The molecule has 1 saturated heterocycles. The van der Waals surface area contributed by atoms with Crippen LogP contribution < -0.4 is 4.90 Å². The van der Waals surface area contributed by atoms with Gasteiger partial charge < -0.3 is 9.64 Å². The summed E-state index contributed by atoms with van der Waals surface area (Å²) in [5.41, 5.74) is 0.833. The molecule has 1 aliphatic heterocycles. The molecule has 0 radical (unpaired) electrons. The lowest BCUT2D eigenvalue weighted by Gasteiger charge is -2.28. The van der Waals surface area contributed by atoms with E-state index in [1.165, 1.54) is 0 Å². The molecule has 0 amide bonds. The smallest absolute Gasteiger partial charge is 0.137 e. The van der Waals surface area contributed by atoms with E-state index in [0.717, 1.165) is 49.7 Å². The molecular weight excluding hydrogens is 286 g/mol. The summed E-state index contributed by atoms with van der Waals surface area (Å²) in [6.45, 7) is 13.1. The predicted molar refractivity (Wildman–Crippen MR) is 87.3 cm³/mol. The van der Waals surface area contributed by atoms with Crippen LogP contribution >= 0.6 is 11.6 Å². The summed E-state index contributed by atoms with van der Waals surface area (Å²) in [6.07, 6.45) is 2.58. The van der Waals surface area contributed by atoms with Crippen molar-refractivity contribution in [3.8, 4) is 0 Å². The first-order valence-corrected chi connectivity index (χ1v) is 8.12. The SMILES string of the molecule is CCN(CC1CCCO1)c1nc(C(C)(C)C)nc(Cl)c1C. The van der Waals surface area contributed by atoms with Crippen molar-refractivity contribution in [1.29, 1.82) is 0 Å². The van der Waals surface area contributed by atoms with Crippen LogP contribution in [0.5, 0.6) is 0 Å². The van der Waals surface area contributed by atoms with Crippen molar-refractivity contribution in [3.05, 3.63) is 16.5 Å². The Morgan fingerprint density at radius 2 is 2.05 bits per heavy atom. The topological polar surface area (TPSA) is 38.2 Å². The number of anilines is 1. The third-order valence-electron chi connectivity index (χ3n) is 3.86. The largest absolute Gasteiger partial charge is 0.376 e. The highest BCUT2D eigenvalue weighted by atomic mass is 35.5. The molecule has 2 rings (SSSR count). The van der Waals surface area contributed by atoms with Gasteiger partial charge in [-0.2, -0.15) is 0 Å². The second kappa shape index (κ2) is 6.49. The Morgan fingerprint density at radius 3 is 2.57 bits per heavy atom. The van der Waals surface area contributed by atoms with Gasteiger partial charge in [0.25, 0.3) is 0 Å². The normalized spacial score (nSPS) is 19.0. The molecule has 0 saturated carbocycles. The molecule has 1 aliphatic rings. The van der Waals surface area contributed by atoms with Crippen LogP contribution in [-0.2, 0) is 10.2 Å². The molecule has 0 spiro atoms. The molecule has 1 aromatic rings. The van der Waals surface area contributed by atoms with Gasteiger partial charge in [0.05, 0.1) is 6.10 Å². The highest BCUT2D eigenvalue weighted by molar-refractivity contribution is 6.30. The van der Waals surface area contributed by atoms with Gasteiger partial charge in [-0.25, -0.2) is 9.97 Å². The first-order valence-electron chi connectivity index (χ1n) is 7.74. The van der Waals surface area contributed by atoms with Crippen LogP contribution in [0.4, 0.5) is 5.82 Å². The maximum Gasteiger partial charge on any atom is 0.137 e.